The van der Waals surface area contributed by atoms with Crippen molar-refractivity contribution in [2.45, 2.75) is 33.7 Å². The number of likely N-dealkylation sites (N-methyl/N-ethyl adjacent to an activating group) is 1. The molecule has 0 saturated carbocycles. The van der Waals surface area contributed by atoms with Gasteiger partial charge in [-0.25, -0.2) is 9.78 Å². The van der Waals surface area contributed by atoms with E-state index >= 15 is 0 Å². The molecule has 0 aliphatic heterocycles. The fourth-order valence-electron chi connectivity index (χ4n) is 1.83. The molecule has 20 heavy (non-hydrogen) atoms. The maximum Gasteiger partial charge on any atom is 0.321 e. The Hall–Kier alpha value is -2.11. The highest BCUT2D eigenvalue weighted by atomic mass is 16.2. The van der Waals surface area contributed by atoms with Gasteiger partial charge in [-0.1, -0.05) is 6.07 Å². The number of carbonyl (C=O) groups excluding carboxylic acids is 2. The van der Waals surface area contributed by atoms with E-state index in [9.17, 15) is 9.59 Å². The molecule has 6 nitrogen and oxygen atoms in total. The van der Waals surface area contributed by atoms with Gasteiger partial charge in [0.1, 0.15) is 11.9 Å². The molecule has 1 aromatic heterocycles. The lowest BCUT2D eigenvalue weighted by Gasteiger charge is -2.23. The minimum Gasteiger partial charge on any atom is -0.341 e. The molecule has 1 aromatic rings. The van der Waals surface area contributed by atoms with E-state index in [0.29, 0.717) is 18.9 Å². The third-order valence-electron chi connectivity index (χ3n) is 3.03. The van der Waals surface area contributed by atoms with E-state index in [0.717, 1.165) is 5.56 Å². The summed E-state index contributed by atoms with van der Waals surface area (Å²) in [4.78, 5) is 29.6. The molecule has 2 N–H and O–H groups in total. The van der Waals surface area contributed by atoms with Crippen LogP contribution in [0.1, 0.15) is 26.3 Å². The second-order valence-corrected chi connectivity index (χ2v) is 4.50. The van der Waals surface area contributed by atoms with Gasteiger partial charge < -0.3 is 10.2 Å². The first-order chi connectivity index (χ1) is 9.49. The number of pyridine rings is 1. The summed E-state index contributed by atoms with van der Waals surface area (Å²) < 4.78 is 0. The predicted molar refractivity (Wildman–Crippen MR) is 78.5 cm³/mol. The molecule has 1 unspecified atom stereocenters. The first-order valence-corrected chi connectivity index (χ1v) is 6.77. The van der Waals surface area contributed by atoms with Crippen molar-refractivity contribution in [3.63, 3.8) is 0 Å². The zero-order valence-corrected chi connectivity index (χ0v) is 12.4. The zero-order chi connectivity index (χ0) is 15.1. The molecule has 0 spiro atoms. The molecule has 1 heterocycles. The molecular formula is C14H22N4O2. The van der Waals surface area contributed by atoms with Crippen molar-refractivity contribution in [3.8, 4) is 0 Å². The lowest BCUT2D eigenvalue weighted by Crippen LogP contribution is -2.48. The highest BCUT2D eigenvalue weighted by Crippen LogP contribution is 2.08. The second-order valence-electron chi connectivity index (χ2n) is 4.50. The van der Waals surface area contributed by atoms with Gasteiger partial charge >= 0.3 is 6.03 Å². The van der Waals surface area contributed by atoms with Crippen molar-refractivity contribution in [1.82, 2.24) is 15.2 Å². The van der Waals surface area contributed by atoms with E-state index < -0.39 is 12.1 Å². The number of carbonyl (C=O) groups is 2. The van der Waals surface area contributed by atoms with Crippen LogP contribution in [0.25, 0.3) is 0 Å². The lowest BCUT2D eigenvalue weighted by atomic mass is 10.3. The number of nitrogens with zero attached hydrogens (tertiary/aromatic N) is 2. The van der Waals surface area contributed by atoms with Crippen molar-refractivity contribution in [2.24, 2.45) is 0 Å². The molecule has 0 saturated heterocycles. The van der Waals surface area contributed by atoms with Crippen LogP contribution in [-0.4, -0.2) is 41.0 Å². The van der Waals surface area contributed by atoms with Gasteiger partial charge in [-0.15, -0.1) is 0 Å². The van der Waals surface area contributed by atoms with Gasteiger partial charge in [-0.05, 0) is 39.3 Å². The van der Waals surface area contributed by atoms with Crippen LogP contribution in [0, 0.1) is 6.92 Å². The fourth-order valence-corrected chi connectivity index (χ4v) is 1.83. The van der Waals surface area contributed by atoms with Crippen molar-refractivity contribution in [3.05, 3.63) is 23.9 Å². The van der Waals surface area contributed by atoms with Crippen LogP contribution in [0.3, 0.4) is 0 Å². The number of hydrogen-bond donors (Lipinski definition) is 2. The SMILES string of the molecule is CCN(CC)C(=O)C(C)NC(=O)Nc1ncccc1C. The minimum absolute atomic E-state index is 0.0945. The fraction of sp³-hybridized carbons (Fsp3) is 0.500. The standard InChI is InChI=1S/C14H22N4O2/c1-5-18(6-2)13(19)11(4)16-14(20)17-12-10(3)8-7-9-15-12/h7-9,11H,5-6H2,1-4H3,(H2,15,16,17,20). The van der Waals surface area contributed by atoms with Crippen LogP contribution in [0.2, 0.25) is 0 Å². The molecule has 3 amide bonds. The van der Waals surface area contributed by atoms with Crippen LogP contribution < -0.4 is 10.6 Å². The summed E-state index contributed by atoms with van der Waals surface area (Å²) in [5, 5.41) is 5.26. The summed E-state index contributed by atoms with van der Waals surface area (Å²) in [6.07, 6.45) is 1.60. The van der Waals surface area contributed by atoms with E-state index in [4.69, 9.17) is 0 Å². The van der Waals surface area contributed by atoms with Crippen LogP contribution >= 0.6 is 0 Å². The molecule has 0 aliphatic rings. The number of amides is 3. The van der Waals surface area contributed by atoms with Gasteiger partial charge in [0.05, 0.1) is 0 Å². The molecule has 6 heteroatoms. The quantitative estimate of drug-likeness (QED) is 0.862. The van der Waals surface area contributed by atoms with Crippen LogP contribution in [-0.2, 0) is 4.79 Å². The topological polar surface area (TPSA) is 74.3 Å². The Balaban J connectivity index is 2.58. The number of urea groups is 1. The number of aromatic nitrogens is 1. The summed E-state index contributed by atoms with van der Waals surface area (Å²) in [5.41, 5.74) is 0.866. The Bertz CT molecular complexity index is 472. The van der Waals surface area contributed by atoms with Crippen molar-refractivity contribution >= 4 is 17.8 Å². The Morgan fingerprint density at radius 3 is 2.55 bits per heavy atom. The molecule has 0 bridgehead atoms. The average Bonchev–Trinajstić information content (AvgIpc) is 2.42. The largest absolute Gasteiger partial charge is 0.341 e. The maximum absolute atomic E-state index is 12.0. The maximum atomic E-state index is 12.0. The summed E-state index contributed by atoms with van der Waals surface area (Å²) in [5.74, 6) is 0.399. The van der Waals surface area contributed by atoms with E-state index in [1.807, 2.05) is 26.8 Å². The number of anilines is 1. The summed E-state index contributed by atoms with van der Waals surface area (Å²) in [6, 6.07) is 2.65. The van der Waals surface area contributed by atoms with E-state index in [2.05, 4.69) is 15.6 Å². The Morgan fingerprint density at radius 2 is 2.00 bits per heavy atom. The first-order valence-electron chi connectivity index (χ1n) is 6.77. The van der Waals surface area contributed by atoms with Gasteiger partial charge in [-0.3, -0.25) is 10.1 Å². The van der Waals surface area contributed by atoms with Crippen molar-refractivity contribution in [1.29, 1.82) is 0 Å². The van der Waals surface area contributed by atoms with Crippen LogP contribution in [0.15, 0.2) is 18.3 Å². The van der Waals surface area contributed by atoms with Gasteiger partial charge in [0.2, 0.25) is 5.91 Å². The van der Waals surface area contributed by atoms with Gasteiger partial charge in [0.25, 0.3) is 0 Å². The van der Waals surface area contributed by atoms with Gasteiger partial charge in [0.15, 0.2) is 0 Å². The number of rotatable bonds is 5. The smallest absolute Gasteiger partial charge is 0.321 e. The Morgan fingerprint density at radius 1 is 1.35 bits per heavy atom. The molecule has 1 atom stereocenters. The number of nitrogens with one attached hydrogen (secondary N) is 2. The predicted octanol–water partition coefficient (Wildman–Crippen LogP) is 1.77. The van der Waals surface area contributed by atoms with E-state index in [1.54, 1.807) is 24.1 Å². The molecule has 0 aliphatic carbocycles. The molecule has 0 fully saturated rings. The highest BCUT2D eigenvalue weighted by molar-refractivity contribution is 5.93. The van der Waals surface area contributed by atoms with Crippen molar-refractivity contribution in [2.75, 3.05) is 18.4 Å². The third kappa shape index (κ3) is 4.22. The lowest BCUT2D eigenvalue weighted by molar-refractivity contribution is -0.132. The molecule has 0 aromatic carbocycles. The van der Waals surface area contributed by atoms with Crippen LogP contribution in [0.4, 0.5) is 10.6 Å². The first kappa shape index (κ1) is 15.9. The van der Waals surface area contributed by atoms with Crippen molar-refractivity contribution < 1.29 is 9.59 Å². The van der Waals surface area contributed by atoms with Gasteiger partial charge in [-0.2, -0.15) is 0 Å². The molecule has 1 rings (SSSR count). The molecular weight excluding hydrogens is 256 g/mol. The Labute approximate surface area is 119 Å². The monoisotopic (exact) mass is 278 g/mol. The van der Waals surface area contributed by atoms with Crippen LogP contribution in [0.5, 0.6) is 0 Å². The van der Waals surface area contributed by atoms with E-state index in [1.165, 1.54) is 0 Å². The zero-order valence-electron chi connectivity index (χ0n) is 12.4. The second kappa shape index (κ2) is 7.47. The number of aryl methyl sites for hydroxylation is 1. The average molecular weight is 278 g/mol. The molecule has 0 radical (unpaired) electrons. The number of hydrogen-bond acceptors (Lipinski definition) is 3. The summed E-state index contributed by atoms with van der Waals surface area (Å²) >= 11 is 0. The van der Waals surface area contributed by atoms with E-state index in [-0.39, 0.29) is 5.91 Å². The third-order valence-corrected chi connectivity index (χ3v) is 3.03. The van der Waals surface area contributed by atoms with Gasteiger partial charge in [0, 0.05) is 19.3 Å². The highest BCUT2D eigenvalue weighted by Gasteiger charge is 2.20. The summed E-state index contributed by atoms with van der Waals surface area (Å²) in [7, 11) is 0. The molecule has 110 valence electrons. The normalized spacial score (nSPS) is 11.6. The summed E-state index contributed by atoms with van der Waals surface area (Å²) in [6.45, 7) is 8.60. The minimum atomic E-state index is -0.570. The Kier molecular flexibility index (Phi) is 5.96.